The first-order chi connectivity index (χ1) is 12.6. The van der Waals surface area contributed by atoms with E-state index in [-0.39, 0.29) is 11.8 Å². The zero-order valence-corrected chi connectivity index (χ0v) is 16.1. The second-order valence-corrected chi connectivity index (χ2v) is 7.77. The lowest BCUT2D eigenvalue weighted by atomic mass is 10.1. The average molecular weight is 365 g/mol. The van der Waals surface area contributed by atoms with E-state index in [0.717, 1.165) is 16.8 Å². The van der Waals surface area contributed by atoms with Crippen molar-refractivity contribution in [3.63, 3.8) is 0 Å². The van der Waals surface area contributed by atoms with E-state index in [2.05, 4.69) is 10.6 Å². The predicted octanol–water partition coefficient (Wildman–Crippen LogP) is 4.34. The second kappa shape index (κ2) is 6.54. The van der Waals surface area contributed by atoms with Crippen LogP contribution in [0.1, 0.15) is 52.6 Å². The van der Waals surface area contributed by atoms with E-state index in [4.69, 9.17) is 0 Å². The molecule has 27 heavy (non-hydrogen) atoms. The third kappa shape index (κ3) is 3.56. The summed E-state index contributed by atoms with van der Waals surface area (Å²) in [6.07, 6.45) is 0. The van der Waals surface area contributed by atoms with Crippen LogP contribution in [0.4, 0.5) is 16.2 Å². The first-order valence-electron chi connectivity index (χ1n) is 8.76. The number of carbonyl (C=O) groups is 3. The van der Waals surface area contributed by atoms with Gasteiger partial charge in [-0.15, -0.1) is 0 Å². The zero-order valence-electron chi connectivity index (χ0n) is 16.1. The van der Waals surface area contributed by atoms with Crippen molar-refractivity contribution in [2.45, 2.75) is 40.2 Å². The number of urea groups is 1. The van der Waals surface area contributed by atoms with E-state index in [0.29, 0.717) is 16.8 Å². The van der Waals surface area contributed by atoms with Gasteiger partial charge in [-0.25, -0.2) is 4.79 Å². The predicted molar refractivity (Wildman–Crippen MR) is 105 cm³/mol. The van der Waals surface area contributed by atoms with Crippen LogP contribution < -0.4 is 10.6 Å². The number of hydrogen-bond donors (Lipinski definition) is 2. The molecule has 4 amide bonds. The molecule has 1 aliphatic rings. The lowest BCUT2D eigenvalue weighted by Crippen LogP contribution is -2.45. The fraction of sp³-hybridized carbons (Fsp3) is 0.286. The number of rotatable bonds is 2. The highest BCUT2D eigenvalue weighted by Crippen LogP contribution is 2.31. The van der Waals surface area contributed by atoms with Gasteiger partial charge in [-0.3, -0.25) is 14.5 Å². The van der Waals surface area contributed by atoms with E-state index >= 15 is 0 Å². The normalized spacial score (nSPS) is 13.6. The van der Waals surface area contributed by atoms with E-state index < -0.39 is 11.6 Å². The van der Waals surface area contributed by atoms with Crippen LogP contribution in [0.25, 0.3) is 0 Å². The van der Waals surface area contributed by atoms with E-state index in [1.54, 1.807) is 18.2 Å². The molecular formula is C21H23N3O3. The number of hydrogen-bond acceptors (Lipinski definition) is 3. The third-order valence-corrected chi connectivity index (χ3v) is 4.46. The summed E-state index contributed by atoms with van der Waals surface area (Å²) in [6.45, 7) is 9.30. The standard InChI is InChI=1S/C21H23N3O3/c1-12-6-7-13(2)17(10-12)23-20(27)22-14-8-9-15-16(11-14)19(26)24(18(15)25)21(3,4)5/h6-11H,1-5H3,(H2,22,23,27). The quantitative estimate of drug-likeness (QED) is 0.777. The molecule has 0 bridgehead atoms. The Morgan fingerprint density at radius 1 is 0.889 bits per heavy atom. The Labute approximate surface area is 158 Å². The van der Waals surface area contributed by atoms with E-state index in [1.165, 1.54) is 4.90 Å². The highest BCUT2D eigenvalue weighted by atomic mass is 16.2. The number of nitrogens with zero attached hydrogens (tertiary/aromatic N) is 1. The lowest BCUT2D eigenvalue weighted by molar-refractivity contribution is 0.0507. The molecule has 0 radical (unpaired) electrons. The summed E-state index contributed by atoms with van der Waals surface area (Å²) >= 11 is 0. The van der Waals surface area contributed by atoms with Gasteiger partial charge in [-0.2, -0.15) is 0 Å². The summed E-state index contributed by atoms with van der Waals surface area (Å²) in [7, 11) is 0. The highest BCUT2D eigenvalue weighted by Gasteiger charge is 2.41. The number of aryl methyl sites for hydroxylation is 2. The number of benzene rings is 2. The molecule has 1 aliphatic heterocycles. The fourth-order valence-corrected chi connectivity index (χ4v) is 3.08. The van der Waals surface area contributed by atoms with Gasteiger partial charge in [0.05, 0.1) is 11.1 Å². The maximum absolute atomic E-state index is 12.6. The molecular weight excluding hydrogens is 342 g/mol. The second-order valence-electron chi connectivity index (χ2n) is 7.77. The average Bonchev–Trinajstić information content (AvgIpc) is 2.81. The fourth-order valence-electron chi connectivity index (χ4n) is 3.08. The number of anilines is 2. The number of nitrogens with one attached hydrogen (secondary N) is 2. The Balaban J connectivity index is 1.80. The SMILES string of the molecule is Cc1ccc(C)c(NC(=O)Nc2ccc3c(c2)C(=O)N(C(C)(C)C)C3=O)c1. The molecule has 0 atom stereocenters. The van der Waals surface area contributed by atoms with Crippen LogP contribution in [-0.2, 0) is 0 Å². The summed E-state index contributed by atoms with van der Waals surface area (Å²) in [4.78, 5) is 38.7. The van der Waals surface area contributed by atoms with Gasteiger partial charge in [0.15, 0.2) is 0 Å². The van der Waals surface area contributed by atoms with Crippen molar-refractivity contribution in [1.82, 2.24) is 4.90 Å². The van der Waals surface area contributed by atoms with Gasteiger partial charge in [-0.05, 0) is 70.0 Å². The van der Waals surface area contributed by atoms with Crippen LogP contribution in [0.5, 0.6) is 0 Å². The largest absolute Gasteiger partial charge is 0.323 e. The summed E-state index contributed by atoms with van der Waals surface area (Å²) in [5.74, 6) is -0.657. The summed E-state index contributed by atoms with van der Waals surface area (Å²) < 4.78 is 0. The van der Waals surface area contributed by atoms with Gasteiger partial charge in [0.25, 0.3) is 11.8 Å². The van der Waals surface area contributed by atoms with Crippen molar-refractivity contribution in [2.75, 3.05) is 10.6 Å². The van der Waals surface area contributed by atoms with Gasteiger partial charge < -0.3 is 10.6 Å². The minimum atomic E-state index is -0.610. The Bertz CT molecular complexity index is 958. The maximum Gasteiger partial charge on any atom is 0.323 e. The molecule has 0 aromatic heterocycles. The molecule has 6 heteroatoms. The van der Waals surface area contributed by atoms with Gasteiger partial charge >= 0.3 is 6.03 Å². The van der Waals surface area contributed by atoms with E-state index in [9.17, 15) is 14.4 Å². The molecule has 140 valence electrons. The maximum atomic E-state index is 12.6. The third-order valence-electron chi connectivity index (χ3n) is 4.46. The molecule has 0 saturated heterocycles. The summed E-state index contributed by atoms with van der Waals surface area (Å²) in [5, 5.41) is 5.53. The van der Waals surface area contributed by atoms with Crippen molar-refractivity contribution in [3.8, 4) is 0 Å². The molecule has 0 aliphatic carbocycles. The molecule has 6 nitrogen and oxygen atoms in total. The molecule has 2 aromatic rings. The Hall–Kier alpha value is -3.15. The first kappa shape index (κ1) is 18.6. The van der Waals surface area contributed by atoms with Crippen LogP contribution in [0, 0.1) is 13.8 Å². The summed E-state index contributed by atoms with van der Waals surface area (Å²) in [6, 6.07) is 10.1. The van der Waals surface area contributed by atoms with Crippen LogP contribution in [0.2, 0.25) is 0 Å². The van der Waals surface area contributed by atoms with Gasteiger partial charge in [0.1, 0.15) is 0 Å². The highest BCUT2D eigenvalue weighted by molar-refractivity contribution is 6.22. The Morgan fingerprint density at radius 2 is 1.56 bits per heavy atom. The Morgan fingerprint density at radius 3 is 2.22 bits per heavy atom. The molecule has 0 spiro atoms. The molecule has 3 rings (SSSR count). The van der Waals surface area contributed by atoms with Crippen molar-refractivity contribution in [2.24, 2.45) is 0 Å². The van der Waals surface area contributed by atoms with Crippen LogP contribution in [-0.4, -0.2) is 28.3 Å². The van der Waals surface area contributed by atoms with Crippen LogP contribution >= 0.6 is 0 Å². The number of carbonyl (C=O) groups excluding carboxylic acids is 3. The smallest absolute Gasteiger partial charge is 0.308 e. The van der Waals surface area contributed by atoms with Crippen LogP contribution in [0.3, 0.4) is 0 Å². The van der Waals surface area contributed by atoms with E-state index in [1.807, 2.05) is 52.8 Å². The van der Waals surface area contributed by atoms with Gasteiger partial charge in [0.2, 0.25) is 0 Å². The Kier molecular flexibility index (Phi) is 4.51. The minimum Gasteiger partial charge on any atom is -0.308 e. The topological polar surface area (TPSA) is 78.5 Å². The molecule has 0 fully saturated rings. The first-order valence-corrected chi connectivity index (χ1v) is 8.76. The molecule has 0 unspecified atom stereocenters. The summed E-state index contributed by atoms with van der Waals surface area (Å²) in [5.41, 5.74) is 3.22. The monoisotopic (exact) mass is 365 g/mol. The van der Waals surface area contributed by atoms with Crippen molar-refractivity contribution in [3.05, 3.63) is 58.7 Å². The molecule has 2 N–H and O–H groups in total. The lowest BCUT2D eigenvalue weighted by Gasteiger charge is -2.29. The minimum absolute atomic E-state index is 0.305. The number of fused-ring (bicyclic) bond motifs is 1. The van der Waals surface area contributed by atoms with Gasteiger partial charge in [-0.1, -0.05) is 12.1 Å². The van der Waals surface area contributed by atoms with Crippen LogP contribution in [0.15, 0.2) is 36.4 Å². The molecule has 0 saturated carbocycles. The van der Waals surface area contributed by atoms with Crippen molar-refractivity contribution >= 4 is 29.2 Å². The van der Waals surface area contributed by atoms with Gasteiger partial charge in [0, 0.05) is 16.9 Å². The molecule has 2 aromatic carbocycles. The molecule has 1 heterocycles. The zero-order chi connectivity index (χ0) is 19.9. The van der Waals surface area contributed by atoms with Crippen molar-refractivity contribution in [1.29, 1.82) is 0 Å². The number of amides is 4. The number of imide groups is 1. The van der Waals surface area contributed by atoms with Crippen molar-refractivity contribution < 1.29 is 14.4 Å².